The number of anilines is 2. The monoisotopic (exact) mass is 294 g/mol. The number of nitrogens with one attached hydrogen (secondary N) is 2. The van der Waals surface area contributed by atoms with Crippen molar-refractivity contribution in [2.45, 2.75) is 20.3 Å². The zero-order valence-corrected chi connectivity index (χ0v) is 12.1. The fourth-order valence-electron chi connectivity index (χ4n) is 1.49. The highest BCUT2D eigenvalue weighted by Gasteiger charge is 2.30. The Morgan fingerprint density at radius 3 is 2.00 bits per heavy atom. The molecule has 0 aliphatic rings. The van der Waals surface area contributed by atoms with Crippen molar-refractivity contribution >= 4 is 29.3 Å². The van der Waals surface area contributed by atoms with E-state index >= 15 is 0 Å². The molecule has 0 aliphatic heterocycles. The van der Waals surface area contributed by atoms with E-state index in [0.29, 0.717) is 11.4 Å². The van der Waals surface area contributed by atoms with Gasteiger partial charge in [-0.3, -0.25) is 14.9 Å². The van der Waals surface area contributed by atoms with Gasteiger partial charge in [-0.2, -0.15) is 0 Å². The van der Waals surface area contributed by atoms with Crippen LogP contribution in [-0.4, -0.2) is 30.2 Å². The van der Waals surface area contributed by atoms with Crippen molar-refractivity contribution in [3.63, 3.8) is 0 Å². The first kappa shape index (κ1) is 16.5. The molecule has 7 nitrogen and oxygen atoms in total. The molecule has 0 saturated heterocycles. The summed E-state index contributed by atoms with van der Waals surface area (Å²) < 4.78 is 4.45. The molecule has 1 rings (SSSR count). The normalized spacial score (nSPS) is 10.6. The Bertz CT molecular complexity index is 537. The molecule has 1 aromatic rings. The van der Waals surface area contributed by atoms with Gasteiger partial charge in [-0.25, -0.2) is 4.79 Å². The Kier molecular flexibility index (Phi) is 5.29. The number of rotatable bonds is 5. The van der Waals surface area contributed by atoms with Gasteiger partial charge in [-0.15, -0.1) is 0 Å². The lowest BCUT2D eigenvalue weighted by molar-refractivity contribution is -0.148. The summed E-state index contributed by atoms with van der Waals surface area (Å²) in [6.07, 6.45) is -0.722. The zero-order chi connectivity index (χ0) is 16.0. The van der Waals surface area contributed by atoms with Crippen LogP contribution in [0.5, 0.6) is 0 Å². The molecule has 0 saturated carbocycles. The van der Waals surface area contributed by atoms with Crippen molar-refractivity contribution < 1.29 is 24.2 Å². The second-order valence-electron chi connectivity index (χ2n) is 5.11. The Labute approximate surface area is 122 Å². The second kappa shape index (κ2) is 6.74. The molecule has 0 aliphatic carbocycles. The van der Waals surface area contributed by atoms with Crippen molar-refractivity contribution in [1.82, 2.24) is 0 Å². The van der Waals surface area contributed by atoms with Gasteiger partial charge in [-0.1, -0.05) is 0 Å². The number of hydrogen-bond acceptors (Lipinski definition) is 4. The lowest BCUT2D eigenvalue weighted by Gasteiger charge is -2.18. The van der Waals surface area contributed by atoms with E-state index in [1.165, 1.54) is 21.0 Å². The molecule has 0 unspecified atom stereocenters. The van der Waals surface area contributed by atoms with E-state index < -0.39 is 23.4 Å². The first-order chi connectivity index (χ1) is 9.74. The molecule has 3 N–H and O–H groups in total. The Hall–Kier alpha value is -2.57. The smallest absolute Gasteiger partial charge is 0.411 e. The highest BCUT2D eigenvalue weighted by atomic mass is 16.5. The number of carboxylic acids is 1. The van der Waals surface area contributed by atoms with Crippen LogP contribution in [0.1, 0.15) is 20.3 Å². The van der Waals surface area contributed by atoms with Crippen molar-refractivity contribution in [3.05, 3.63) is 24.3 Å². The highest BCUT2D eigenvalue weighted by Crippen LogP contribution is 2.22. The van der Waals surface area contributed by atoms with Crippen LogP contribution >= 0.6 is 0 Å². The maximum atomic E-state index is 11.8. The molecule has 114 valence electrons. The molecule has 0 spiro atoms. The number of hydrogen-bond donors (Lipinski definition) is 3. The molecule has 0 fully saturated rings. The van der Waals surface area contributed by atoms with Crippen LogP contribution in [0.15, 0.2) is 24.3 Å². The largest absolute Gasteiger partial charge is 0.481 e. The fraction of sp³-hybridized carbons (Fsp3) is 0.357. The van der Waals surface area contributed by atoms with Gasteiger partial charge in [-0.05, 0) is 38.1 Å². The average molecular weight is 294 g/mol. The third-order valence-corrected chi connectivity index (χ3v) is 2.78. The van der Waals surface area contributed by atoms with E-state index in [9.17, 15) is 14.4 Å². The van der Waals surface area contributed by atoms with Crippen LogP contribution in [0.2, 0.25) is 0 Å². The van der Waals surface area contributed by atoms with Gasteiger partial charge >= 0.3 is 12.1 Å². The van der Waals surface area contributed by atoms with Crippen LogP contribution < -0.4 is 10.6 Å². The topological polar surface area (TPSA) is 105 Å². The van der Waals surface area contributed by atoms with Gasteiger partial charge in [0.15, 0.2) is 0 Å². The summed E-state index contributed by atoms with van der Waals surface area (Å²) in [5.74, 6) is -1.42. The summed E-state index contributed by atoms with van der Waals surface area (Å²) in [5, 5.41) is 14.0. The predicted octanol–water partition coefficient (Wildman–Crippen LogP) is 2.30. The third-order valence-electron chi connectivity index (χ3n) is 2.78. The maximum absolute atomic E-state index is 11.8. The van der Waals surface area contributed by atoms with Crippen molar-refractivity contribution in [2.75, 3.05) is 17.7 Å². The van der Waals surface area contributed by atoms with E-state index in [2.05, 4.69) is 15.4 Å². The molecule has 0 aromatic heterocycles. The number of carbonyl (C=O) groups is 3. The lowest BCUT2D eigenvalue weighted by atomic mass is 9.89. The van der Waals surface area contributed by atoms with Crippen molar-refractivity contribution in [1.29, 1.82) is 0 Å². The minimum atomic E-state index is -1.13. The molecular weight excluding hydrogens is 276 g/mol. The third kappa shape index (κ3) is 5.13. The number of methoxy groups -OCH3 is 1. The predicted molar refractivity (Wildman–Crippen MR) is 77.1 cm³/mol. The minimum absolute atomic E-state index is 0.134. The summed E-state index contributed by atoms with van der Waals surface area (Å²) >= 11 is 0. The second-order valence-corrected chi connectivity index (χ2v) is 5.11. The van der Waals surface area contributed by atoms with Crippen LogP contribution in [-0.2, 0) is 14.3 Å². The van der Waals surface area contributed by atoms with Crippen LogP contribution in [0.3, 0.4) is 0 Å². The molecule has 0 bridgehead atoms. The molecular formula is C14H18N2O5. The lowest BCUT2D eigenvalue weighted by Crippen LogP contribution is -2.29. The summed E-state index contributed by atoms with van der Waals surface area (Å²) in [5.41, 5.74) is -0.0986. The molecule has 0 radical (unpaired) electrons. The Balaban J connectivity index is 2.61. The SMILES string of the molecule is COC(=O)Nc1ccc(NC(=O)CC(C)(C)C(=O)O)cc1. The van der Waals surface area contributed by atoms with E-state index in [1.807, 2.05) is 0 Å². The summed E-state index contributed by atoms with van der Waals surface area (Å²) in [7, 11) is 1.26. The van der Waals surface area contributed by atoms with Crippen LogP contribution in [0.4, 0.5) is 16.2 Å². The Morgan fingerprint density at radius 1 is 1.10 bits per heavy atom. The quantitative estimate of drug-likeness (QED) is 0.773. The summed E-state index contributed by atoms with van der Waals surface area (Å²) in [6, 6.07) is 6.37. The molecule has 0 heterocycles. The molecule has 21 heavy (non-hydrogen) atoms. The molecule has 1 aromatic carbocycles. The molecule has 0 atom stereocenters. The number of benzene rings is 1. The number of carboxylic acid groups (broad SMARTS) is 1. The number of carbonyl (C=O) groups excluding carboxylic acids is 2. The van der Waals surface area contributed by atoms with Gasteiger partial charge in [0, 0.05) is 17.8 Å². The van der Waals surface area contributed by atoms with Crippen LogP contribution in [0, 0.1) is 5.41 Å². The van der Waals surface area contributed by atoms with E-state index in [1.54, 1.807) is 24.3 Å². The van der Waals surface area contributed by atoms with Gasteiger partial charge < -0.3 is 15.2 Å². The van der Waals surface area contributed by atoms with E-state index in [-0.39, 0.29) is 6.42 Å². The van der Waals surface area contributed by atoms with Crippen molar-refractivity contribution in [3.8, 4) is 0 Å². The maximum Gasteiger partial charge on any atom is 0.411 e. The van der Waals surface area contributed by atoms with E-state index in [0.717, 1.165) is 0 Å². The van der Waals surface area contributed by atoms with Gasteiger partial charge in [0.2, 0.25) is 5.91 Å². The number of aliphatic carboxylic acids is 1. The average Bonchev–Trinajstić information content (AvgIpc) is 2.40. The van der Waals surface area contributed by atoms with Gasteiger partial charge in [0.05, 0.1) is 12.5 Å². The highest BCUT2D eigenvalue weighted by molar-refractivity contribution is 5.94. The number of ether oxygens (including phenoxy) is 1. The molecule has 7 heteroatoms. The minimum Gasteiger partial charge on any atom is -0.481 e. The first-order valence-electron chi connectivity index (χ1n) is 6.23. The zero-order valence-electron chi connectivity index (χ0n) is 12.1. The molecule has 2 amide bonds. The van der Waals surface area contributed by atoms with E-state index in [4.69, 9.17) is 5.11 Å². The van der Waals surface area contributed by atoms with Gasteiger partial charge in [0.25, 0.3) is 0 Å². The summed E-state index contributed by atoms with van der Waals surface area (Å²) in [4.78, 5) is 33.7. The Morgan fingerprint density at radius 2 is 1.57 bits per heavy atom. The fourth-order valence-corrected chi connectivity index (χ4v) is 1.49. The summed E-state index contributed by atoms with van der Waals surface area (Å²) in [6.45, 7) is 2.97. The van der Waals surface area contributed by atoms with Gasteiger partial charge in [0.1, 0.15) is 0 Å². The standard InChI is InChI=1S/C14H18N2O5/c1-14(2,12(18)19)8-11(17)15-9-4-6-10(7-5-9)16-13(20)21-3/h4-7H,8H2,1-3H3,(H,15,17)(H,16,20)(H,18,19). The van der Waals surface area contributed by atoms with Crippen molar-refractivity contribution in [2.24, 2.45) is 5.41 Å². The number of amides is 2. The first-order valence-corrected chi connectivity index (χ1v) is 6.23. The van der Waals surface area contributed by atoms with Crippen LogP contribution in [0.25, 0.3) is 0 Å².